The van der Waals surface area contributed by atoms with Crippen LogP contribution in [0, 0.1) is 10.1 Å². The van der Waals surface area contributed by atoms with E-state index in [-0.39, 0.29) is 47.3 Å². The number of rotatable bonds is 5. The Labute approximate surface area is 106 Å². The van der Waals surface area contributed by atoms with Crippen LogP contribution in [0.15, 0.2) is 33.5 Å². The fourth-order valence-corrected chi connectivity index (χ4v) is 1.69. The molecule has 0 saturated heterocycles. The molecule has 0 N–H and O–H groups in total. The van der Waals surface area contributed by atoms with Crippen molar-refractivity contribution in [3.63, 3.8) is 0 Å². The van der Waals surface area contributed by atoms with Gasteiger partial charge in [0.25, 0.3) is 6.47 Å². The second-order valence-corrected chi connectivity index (χ2v) is 3.70. The zero-order valence-electron chi connectivity index (χ0n) is 9.70. The highest BCUT2D eigenvalue weighted by molar-refractivity contribution is 5.84. The third-order valence-electron chi connectivity index (χ3n) is 2.52. The number of hydrogen-bond donors (Lipinski definition) is 0. The molecular weight excluding hydrogens is 254 g/mol. The van der Waals surface area contributed by atoms with Crippen LogP contribution in [0.5, 0.6) is 0 Å². The minimum absolute atomic E-state index is 0.0403. The molecule has 0 fully saturated rings. The van der Waals surface area contributed by atoms with Gasteiger partial charge < -0.3 is 9.15 Å². The molecule has 0 aliphatic heterocycles. The summed E-state index contributed by atoms with van der Waals surface area (Å²) >= 11 is 0. The van der Waals surface area contributed by atoms with Gasteiger partial charge in [-0.25, -0.2) is 0 Å². The molecule has 2 rings (SSSR count). The highest BCUT2D eigenvalue weighted by atomic mass is 16.6. The Bertz CT molecular complexity index is 690. The van der Waals surface area contributed by atoms with Crippen LogP contribution in [0.4, 0.5) is 5.69 Å². The molecule has 1 heterocycles. The van der Waals surface area contributed by atoms with Crippen LogP contribution in [0.3, 0.4) is 0 Å². The van der Waals surface area contributed by atoms with E-state index in [1.165, 1.54) is 24.3 Å². The number of benzene rings is 1. The van der Waals surface area contributed by atoms with E-state index < -0.39 is 4.92 Å². The van der Waals surface area contributed by atoms with Crippen molar-refractivity contribution >= 4 is 23.1 Å². The van der Waals surface area contributed by atoms with Crippen molar-refractivity contribution in [3.8, 4) is 0 Å². The molecule has 7 nitrogen and oxygen atoms in total. The fourth-order valence-electron chi connectivity index (χ4n) is 1.69. The summed E-state index contributed by atoms with van der Waals surface area (Å²) in [7, 11) is 0. The van der Waals surface area contributed by atoms with Crippen LogP contribution in [0.1, 0.15) is 5.76 Å². The molecule has 1 aromatic carbocycles. The number of non-ortho nitro benzene ring substituents is 1. The van der Waals surface area contributed by atoms with Gasteiger partial charge in [0.2, 0.25) is 5.58 Å². The third-order valence-corrected chi connectivity index (χ3v) is 2.52. The van der Waals surface area contributed by atoms with Crippen molar-refractivity contribution in [3.05, 3.63) is 50.4 Å². The summed E-state index contributed by atoms with van der Waals surface area (Å²) < 4.78 is 9.83. The number of ether oxygens (including phenoxy) is 1. The Kier molecular flexibility index (Phi) is 3.56. The number of fused-ring (bicyclic) bond motifs is 1. The summed E-state index contributed by atoms with van der Waals surface area (Å²) in [5.74, 6) is 0.230. The lowest BCUT2D eigenvalue weighted by Crippen LogP contribution is -2.05. The lowest BCUT2D eigenvalue weighted by Gasteiger charge is -2.02. The van der Waals surface area contributed by atoms with Gasteiger partial charge in [-0.3, -0.25) is 19.7 Å². The molecule has 0 saturated carbocycles. The van der Waals surface area contributed by atoms with Gasteiger partial charge in [0.1, 0.15) is 5.76 Å². The summed E-state index contributed by atoms with van der Waals surface area (Å²) in [6.07, 6.45) is 0.177. The average molecular weight is 263 g/mol. The number of nitrogens with zero attached hydrogens (tertiary/aromatic N) is 1. The Morgan fingerprint density at radius 1 is 1.42 bits per heavy atom. The number of carbonyl (C=O) groups excluding carboxylic acids is 1. The zero-order chi connectivity index (χ0) is 13.8. The van der Waals surface area contributed by atoms with Gasteiger partial charge in [-0.2, -0.15) is 0 Å². The topological polar surface area (TPSA) is 99.7 Å². The van der Waals surface area contributed by atoms with E-state index in [4.69, 9.17) is 4.42 Å². The third kappa shape index (κ3) is 2.59. The molecular formula is C12H9NO6. The Morgan fingerprint density at radius 3 is 2.89 bits per heavy atom. The lowest BCUT2D eigenvalue weighted by atomic mass is 10.2. The van der Waals surface area contributed by atoms with E-state index >= 15 is 0 Å². The van der Waals surface area contributed by atoms with E-state index in [0.717, 1.165) is 0 Å². The molecule has 0 unspecified atom stereocenters. The van der Waals surface area contributed by atoms with Crippen LogP contribution < -0.4 is 5.43 Å². The number of carbonyl (C=O) groups is 1. The van der Waals surface area contributed by atoms with Gasteiger partial charge in [0.15, 0.2) is 5.43 Å². The van der Waals surface area contributed by atoms with E-state index in [1.807, 2.05) is 0 Å². The molecule has 19 heavy (non-hydrogen) atoms. The molecule has 0 atom stereocenters. The van der Waals surface area contributed by atoms with Crippen molar-refractivity contribution in [2.45, 2.75) is 6.42 Å². The summed E-state index contributed by atoms with van der Waals surface area (Å²) in [5, 5.41) is 11.0. The second kappa shape index (κ2) is 5.30. The number of hydrogen-bond acceptors (Lipinski definition) is 6. The standard InChI is InChI=1S/C12H9NO6/c14-7-18-5-4-8-6-11(15)9-2-1-3-10(13(16)17)12(9)19-8/h1-3,6-7H,4-5H2. The normalized spacial score (nSPS) is 10.3. The van der Waals surface area contributed by atoms with E-state index in [1.54, 1.807) is 0 Å². The number of nitro benzene ring substituents is 1. The van der Waals surface area contributed by atoms with Crippen molar-refractivity contribution in [1.29, 1.82) is 0 Å². The quantitative estimate of drug-likeness (QED) is 0.350. The van der Waals surface area contributed by atoms with E-state index in [0.29, 0.717) is 0 Å². The first-order valence-corrected chi connectivity index (χ1v) is 5.39. The predicted octanol–water partition coefficient (Wildman–Crippen LogP) is 1.42. The first-order chi connectivity index (χ1) is 9.13. The van der Waals surface area contributed by atoms with Crippen molar-refractivity contribution < 1.29 is 18.9 Å². The van der Waals surface area contributed by atoms with Crippen LogP contribution in [-0.2, 0) is 16.0 Å². The Morgan fingerprint density at radius 2 is 2.21 bits per heavy atom. The van der Waals surface area contributed by atoms with Crippen molar-refractivity contribution in [2.75, 3.05) is 6.61 Å². The monoisotopic (exact) mass is 263 g/mol. The molecule has 0 radical (unpaired) electrons. The highest BCUT2D eigenvalue weighted by Crippen LogP contribution is 2.24. The molecule has 0 spiro atoms. The molecule has 2 aromatic rings. The number of nitro groups is 1. The van der Waals surface area contributed by atoms with Gasteiger partial charge in [-0.15, -0.1) is 0 Å². The fraction of sp³-hybridized carbons (Fsp3) is 0.167. The molecule has 0 aliphatic rings. The van der Waals surface area contributed by atoms with E-state index in [2.05, 4.69) is 4.74 Å². The highest BCUT2D eigenvalue weighted by Gasteiger charge is 2.16. The number of para-hydroxylation sites is 1. The molecule has 1 aromatic heterocycles. The Balaban J connectivity index is 2.53. The molecule has 7 heteroatoms. The lowest BCUT2D eigenvalue weighted by molar-refractivity contribution is -0.383. The first-order valence-electron chi connectivity index (χ1n) is 5.39. The average Bonchev–Trinajstić information content (AvgIpc) is 2.38. The van der Waals surface area contributed by atoms with Gasteiger partial charge >= 0.3 is 5.69 Å². The molecule has 0 amide bonds. The summed E-state index contributed by atoms with van der Waals surface area (Å²) in [6.45, 7) is 0.320. The smallest absolute Gasteiger partial charge is 0.312 e. The van der Waals surface area contributed by atoms with Gasteiger partial charge in [0.05, 0.1) is 16.9 Å². The minimum Gasteiger partial charge on any atom is -0.467 e. The van der Waals surface area contributed by atoms with E-state index in [9.17, 15) is 19.7 Å². The SMILES string of the molecule is O=COCCc1cc(=O)c2cccc([N+](=O)[O-])c2o1. The zero-order valence-corrected chi connectivity index (χ0v) is 9.70. The largest absolute Gasteiger partial charge is 0.467 e. The second-order valence-electron chi connectivity index (χ2n) is 3.70. The molecule has 0 bridgehead atoms. The summed E-state index contributed by atoms with van der Waals surface area (Å²) in [5.41, 5.74) is -0.708. The van der Waals surface area contributed by atoms with Crippen molar-refractivity contribution in [2.24, 2.45) is 0 Å². The Hall–Kier alpha value is -2.70. The minimum atomic E-state index is -0.614. The maximum atomic E-state index is 11.8. The molecule has 98 valence electrons. The van der Waals surface area contributed by atoms with Crippen LogP contribution in [0.25, 0.3) is 11.0 Å². The predicted molar refractivity (Wildman–Crippen MR) is 64.9 cm³/mol. The van der Waals surface area contributed by atoms with Crippen LogP contribution in [-0.4, -0.2) is 18.0 Å². The first kappa shape index (κ1) is 12.7. The van der Waals surface area contributed by atoms with Crippen LogP contribution in [0.2, 0.25) is 0 Å². The van der Waals surface area contributed by atoms with Crippen LogP contribution >= 0.6 is 0 Å². The summed E-state index contributed by atoms with van der Waals surface area (Å²) in [6, 6.07) is 5.38. The maximum Gasteiger partial charge on any atom is 0.312 e. The summed E-state index contributed by atoms with van der Waals surface area (Å²) in [4.78, 5) is 32.1. The van der Waals surface area contributed by atoms with Gasteiger partial charge in [0, 0.05) is 18.6 Å². The maximum absolute atomic E-state index is 11.8. The molecule has 0 aliphatic carbocycles. The van der Waals surface area contributed by atoms with Gasteiger partial charge in [-0.05, 0) is 6.07 Å². The van der Waals surface area contributed by atoms with Crippen molar-refractivity contribution in [1.82, 2.24) is 0 Å². The van der Waals surface area contributed by atoms with Gasteiger partial charge in [-0.1, -0.05) is 6.07 Å².